The first-order valence-electron chi connectivity index (χ1n) is 5.36. The molecule has 1 aliphatic rings. The zero-order chi connectivity index (χ0) is 13.3. The second-order valence-electron chi connectivity index (χ2n) is 4.00. The van der Waals surface area contributed by atoms with Crippen molar-refractivity contribution in [3.05, 3.63) is 28.8 Å². The highest BCUT2D eigenvalue weighted by Crippen LogP contribution is 2.28. The van der Waals surface area contributed by atoms with Gasteiger partial charge in [-0.3, -0.25) is 9.69 Å². The average molecular weight is 279 g/mol. The first-order valence-corrected chi connectivity index (χ1v) is 6.14. The second kappa shape index (κ2) is 4.97. The van der Waals surface area contributed by atoms with Crippen molar-refractivity contribution >= 4 is 40.5 Å². The van der Waals surface area contributed by atoms with Crippen LogP contribution in [0.4, 0.5) is 5.69 Å². The van der Waals surface area contributed by atoms with Gasteiger partial charge in [-0.25, -0.2) is 0 Å². The predicted octanol–water partition coefficient (Wildman–Crippen LogP) is 2.22. The highest BCUT2D eigenvalue weighted by Gasteiger charge is 2.34. The Bertz CT molecular complexity index is 565. The molecule has 1 aromatic carbocycles. The normalized spacial score (nSPS) is 15.2. The van der Waals surface area contributed by atoms with Crippen LogP contribution in [0.15, 0.2) is 18.2 Å². The van der Waals surface area contributed by atoms with Crippen LogP contribution in [0.2, 0.25) is 5.02 Å². The molecule has 1 aromatic rings. The maximum absolute atomic E-state index is 12.0. The maximum atomic E-state index is 12.0. The van der Waals surface area contributed by atoms with Gasteiger partial charge >= 0.3 is 0 Å². The molecular formula is C13H11ClN2OS. The number of aryl methyl sites for hydroxylation is 1. The van der Waals surface area contributed by atoms with Crippen LogP contribution >= 0.6 is 23.8 Å². The van der Waals surface area contributed by atoms with Crippen LogP contribution in [-0.2, 0) is 4.79 Å². The lowest BCUT2D eigenvalue weighted by atomic mass is 10.2. The van der Waals surface area contributed by atoms with Crippen molar-refractivity contribution in [3.8, 4) is 12.3 Å². The summed E-state index contributed by atoms with van der Waals surface area (Å²) < 4.78 is 0. The van der Waals surface area contributed by atoms with E-state index in [1.807, 2.05) is 13.0 Å². The summed E-state index contributed by atoms with van der Waals surface area (Å²) in [6.07, 6.45) is 5.25. The average Bonchev–Trinajstić information content (AvgIpc) is 2.59. The minimum Gasteiger partial charge on any atom is -0.328 e. The number of nitrogens with zero attached hydrogens (tertiary/aromatic N) is 2. The smallest absolute Gasteiger partial charge is 0.252 e. The minimum atomic E-state index is -0.0828. The van der Waals surface area contributed by atoms with Crippen molar-refractivity contribution in [2.75, 3.05) is 18.0 Å². The highest BCUT2D eigenvalue weighted by atomic mass is 35.5. The molecule has 0 N–H and O–H groups in total. The van der Waals surface area contributed by atoms with E-state index in [0.29, 0.717) is 16.7 Å². The number of carbonyl (C=O) groups excluding carboxylic acids is 1. The lowest BCUT2D eigenvalue weighted by Crippen LogP contribution is -2.33. The topological polar surface area (TPSA) is 23.6 Å². The van der Waals surface area contributed by atoms with Crippen molar-refractivity contribution in [2.45, 2.75) is 6.92 Å². The van der Waals surface area contributed by atoms with Gasteiger partial charge in [-0.05, 0) is 36.8 Å². The van der Waals surface area contributed by atoms with Gasteiger partial charge < -0.3 is 4.90 Å². The molecule has 5 heteroatoms. The molecule has 1 heterocycles. The molecule has 1 saturated heterocycles. The highest BCUT2D eigenvalue weighted by molar-refractivity contribution is 7.80. The Morgan fingerprint density at radius 3 is 2.94 bits per heavy atom. The first kappa shape index (κ1) is 12.9. The molecule has 0 atom stereocenters. The number of hydrogen-bond donors (Lipinski definition) is 0. The van der Waals surface area contributed by atoms with Crippen molar-refractivity contribution in [3.63, 3.8) is 0 Å². The lowest BCUT2D eigenvalue weighted by molar-refractivity contribution is -0.116. The molecule has 0 aromatic heterocycles. The van der Waals surface area contributed by atoms with E-state index < -0.39 is 0 Å². The van der Waals surface area contributed by atoms with Gasteiger partial charge in [0.25, 0.3) is 5.91 Å². The molecular weight excluding hydrogens is 268 g/mol. The van der Waals surface area contributed by atoms with E-state index in [0.717, 1.165) is 11.3 Å². The van der Waals surface area contributed by atoms with Gasteiger partial charge in [0.1, 0.15) is 6.54 Å². The summed E-state index contributed by atoms with van der Waals surface area (Å²) in [5.74, 6) is 2.41. The number of hydrogen-bond acceptors (Lipinski definition) is 2. The standard InChI is InChI=1S/C13H11ClN2OS/c1-3-6-15-8-12(17)16(13(15)18)11-7-10(14)5-4-9(11)2/h1,4-5,7H,6,8H2,2H3. The van der Waals surface area contributed by atoms with Crippen molar-refractivity contribution in [1.29, 1.82) is 0 Å². The Morgan fingerprint density at radius 1 is 1.56 bits per heavy atom. The minimum absolute atomic E-state index is 0.0828. The number of thiocarbonyl (C=S) groups is 1. The molecule has 2 rings (SSSR count). The van der Waals surface area contributed by atoms with E-state index >= 15 is 0 Å². The molecule has 0 aliphatic carbocycles. The molecule has 1 aliphatic heterocycles. The zero-order valence-electron chi connectivity index (χ0n) is 9.81. The summed E-state index contributed by atoms with van der Waals surface area (Å²) in [5.41, 5.74) is 1.66. The quantitative estimate of drug-likeness (QED) is 0.612. The van der Waals surface area contributed by atoms with Gasteiger partial charge in [-0.2, -0.15) is 0 Å². The molecule has 0 unspecified atom stereocenters. The van der Waals surface area contributed by atoms with E-state index in [9.17, 15) is 4.79 Å². The molecule has 0 bridgehead atoms. The third kappa shape index (κ3) is 2.20. The van der Waals surface area contributed by atoms with E-state index in [1.165, 1.54) is 4.90 Å². The third-order valence-electron chi connectivity index (χ3n) is 2.73. The largest absolute Gasteiger partial charge is 0.328 e. The van der Waals surface area contributed by atoms with E-state index in [2.05, 4.69) is 5.92 Å². The number of benzene rings is 1. The third-order valence-corrected chi connectivity index (χ3v) is 3.41. The number of halogens is 1. The fraction of sp³-hybridized carbons (Fsp3) is 0.231. The molecule has 0 radical (unpaired) electrons. The molecule has 3 nitrogen and oxygen atoms in total. The van der Waals surface area contributed by atoms with E-state index in [4.69, 9.17) is 30.2 Å². The van der Waals surface area contributed by atoms with Gasteiger partial charge in [0.05, 0.1) is 12.2 Å². The number of terminal acetylenes is 1. The van der Waals surface area contributed by atoms with Gasteiger partial charge in [-0.15, -0.1) is 6.42 Å². The van der Waals surface area contributed by atoms with Crippen molar-refractivity contribution in [2.24, 2.45) is 0 Å². The Balaban J connectivity index is 2.39. The fourth-order valence-corrected chi connectivity index (χ4v) is 2.34. The van der Waals surface area contributed by atoms with Crippen LogP contribution in [0.3, 0.4) is 0 Å². The van der Waals surface area contributed by atoms with Crippen LogP contribution in [0.25, 0.3) is 0 Å². The Hall–Kier alpha value is -1.57. The van der Waals surface area contributed by atoms with Crippen LogP contribution in [-0.4, -0.2) is 29.0 Å². The number of rotatable bonds is 2. The van der Waals surface area contributed by atoms with Crippen molar-refractivity contribution in [1.82, 2.24) is 4.90 Å². The van der Waals surface area contributed by atoms with Crippen LogP contribution in [0.5, 0.6) is 0 Å². The Labute approximate surface area is 116 Å². The maximum Gasteiger partial charge on any atom is 0.252 e. The first-order chi connectivity index (χ1) is 8.54. The van der Waals surface area contributed by atoms with Crippen LogP contribution in [0, 0.1) is 19.3 Å². The van der Waals surface area contributed by atoms with Crippen LogP contribution in [0.1, 0.15) is 5.56 Å². The molecule has 18 heavy (non-hydrogen) atoms. The van der Waals surface area contributed by atoms with Gasteiger partial charge in [0, 0.05) is 5.02 Å². The summed E-state index contributed by atoms with van der Waals surface area (Å²) >= 11 is 11.2. The fourth-order valence-electron chi connectivity index (χ4n) is 1.84. The van der Waals surface area contributed by atoms with E-state index in [-0.39, 0.29) is 12.5 Å². The van der Waals surface area contributed by atoms with Gasteiger partial charge in [0.2, 0.25) is 0 Å². The number of amides is 1. The Morgan fingerprint density at radius 2 is 2.28 bits per heavy atom. The molecule has 0 saturated carbocycles. The van der Waals surface area contributed by atoms with Gasteiger partial charge in [-0.1, -0.05) is 23.6 Å². The summed E-state index contributed by atoms with van der Waals surface area (Å²) in [6.45, 7) is 2.46. The number of carbonyl (C=O) groups is 1. The predicted molar refractivity (Wildman–Crippen MR) is 76.7 cm³/mol. The summed E-state index contributed by atoms with van der Waals surface area (Å²) in [6, 6.07) is 5.38. The molecule has 92 valence electrons. The molecule has 1 fully saturated rings. The van der Waals surface area contributed by atoms with Gasteiger partial charge in [0.15, 0.2) is 5.11 Å². The molecule has 1 amide bonds. The summed E-state index contributed by atoms with van der Waals surface area (Å²) in [7, 11) is 0. The van der Waals surface area contributed by atoms with E-state index in [1.54, 1.807) is 17.0 Å². The number of anilines is 1. The monoisotopic (exact) mass is 278 g/mol. The second-order valence-corrected chi connectivity index (χ2v) is 4.80. The molecule has 0 spiro atoms. The van der Waals surface area contributed by atoms with Crippen LogP contribution < -0.4 is 4.90 Å². The SMILES string of the molecule is C#CCN1CC(=O)N(c2cc(Cl)ccc2C)C1=S. The zero-order valence-corrected chi connectivity index (χ0v) is 11.4. The Kier molecular flexibility index (Phi) is 3.55. The summed E-state index contributed by atoms with van der Waals surface area (Å²) in [4.78, 5) is 15.2. The van der Waals surface area contributed by atoms with Crippen molar-refractivity contribution < 1.29 is 4.79 Å². The lowest BCUT2D eigenvalue weighted by Gasteiger charge is -2.20. The summed E-state index contributed by atoms with van der Waals surface area (Å²) in [5, 5.41) is 1.00.